The lowest BCUT2D eigenvalue weighted by Gasteiger charge is -2.09. The first-order valence-electron chi connectivity index (χ1n) is 9.00. The van der Waals surface area contributed by atoms with Crippen LogP contribution in [0.4, 0.5) is 0 Å². The Morgan fingerprint density at radius 2 is 1.71 bits per heavy atom. The summed E-state index contributed by atoms with van der Waals surface area (Å²) in [6, 6.07) is 23.0. The molecule has 5 heteroatoms. The smallest absolute Gasteiger partial charge is 0.344 e. The largest absolute Gasteiger partial charge is 0.404 e. The van der Waals surface area contributed by atoms with Crippen molar-refractivity contribution in [1.29, 1.82) is 0 Å². The number of rotatable bonds is 5. The van der Waals surface area contributed by atoms with Gasteiger partial charge in [-0.25, -0.2) is 9.48 Å². The Morgan fingerprint density at radius 3 is 2.46 bits per heavy atom. The van der Waals surface area contributed by atoms with Crippen LogP contribution in [0.2, 0.25) is 0 Å². The first-order valence-corrected chi connectivity index (χ1v) is 9.00. The zero-order valence-corrected chi connectivity index (χ0v) is 15.8. The van der Waals surface area contributed by atoms with Crippen molar-refractivity contribution in [3.63, 3.8) is 0 Å². The van der Waals surface area contributed by atoms with Crippen LogP contribution < -0.4 is 4.74 Å². The third-order valence-electron chi connectivity index (χ3n) is 4.48. The molecule has 0 aliphatic heterocycles. The van der Waals surface area contributed by atoms with Crippen molar-refractivity contribution < 1.29 is 14.3 Å². The Balaban J connectivity index is 1.67. The van der Waals surface area contributed by atoms with E-state index < -0.39 is 5.97 Å². The SMILES string of the molecule is COCc1cc(OC(=O)c2ccc3ccccc3c2)n(-c2ccc(C)cc2)n1. The van der Waals surface area contributed by atoms with Crippen LogP contribution in [0.5, 0.6) is 5.88 Å². The van der Waals surface area contributed by atoms with E-state index in [1.807, 2.05) is 67.6 Å². The molecule has 0 saturated heterocycles. The third kappa shape index (κ3) is 3.66. The first kappa shape index (κ1) is 17.9. The molecule has 0 bridgehead atoms. The Bertz CT molecular complexity index is 1130. The Kier molecular flexibility index (Phi) is 4.91. The predicted molar refractivity (Wildman–Crippen MR) is 108 cm³/mol. The van der Waals surface area contributed by atoms with E-state index in [1.165, 1.54) is 0 Å². The number of carbonyl (C=O) groups is 1. The van der Waals surface area contributed by atoms with Crippen LogP contribution in [-0.4, -0.2) is 22.9 Å². The summed E-state index contributed by atoms with van der Waals surface area (Å²) < 4.78 is 12.5. The van der Waals surface area contributed by atoms with E-state index in [1.54, 1.807) is 23.9 Å². The summed E-state index contributed by atoms with van der Waals surface area (Å²) in [5.41, 5.74) is 3.13. The molecule has 0 aliphatic carbocycles. The van der Waals surface area contributed by atoms with Crippen LogP contribution in [-0.2, 0) is 11.3 Å². The normalized spacial score (nSPS) is 10.9. The maximum Gasteiger partial charge on any atom is 0.344 e. The zero-order chi connectivity index (χ0) is 19.5. The quantitative estimate of drug-likeness (QED) is 0.477. The Hall–Kier alpha value is -3.44. The molecule has 0 N–H and O–H groups in total. The van der Waals surface area contributed by atoms with Gasteiger partial charge in [-0.2, -0.15) is 5.10 Å². The highest BCUT2D eigenvalue weighted by atomic mass is 16.5. The van der Waals surface area contributed by atoms with Gasteiger partial charge in [0.05, 0.1) is 23.6 Å². The van der Waals surface area contributed by atoms with Crippen molar-refractivity contribution in [1.82, 2.24) is 9.78 Å². The molecule has 3 aromatic carbocycles. The van der Waals surface area contributed by atoms with Gasteiger partial charge in [0.1, 0.15) is 0 Å². The van der Waals surface area contributed by atoms with E-state index in [-0.39, 0.29) is 0 Å². The molecule has 1 heterocycles. The molecular weight excluding hydrogens is 352 g/mol. The summed E-state index contributed by atoms with van der Waals surface area (Å²) in [5.74, 6) is -0.0722. The average molecular weight is 372 g/mol. The van der Waals surface area contributed by atoms with Crippen LogP contribution >= 0.6 is 0 Å². The van der Waals surface area contributed by atoms with Gasteiger partial charge < -0.3 is 9.47 Å². The van der Waals surface area contributed by atoms with Crippen molar-refractivity contribution in [2.24, 2.45) is 0 Å². The summed E-state index contributed by atoms with van der Waals surface area (Å²) in [6.45, 7) is 2.35. The fraction of sp³-hybridized carbons (Fsp3) is 0.130. The second-order valence-electron chi connectivity index (χ2n) is 6.61. The molecular formula is C23H20N2O3. The van der Waals surface area contributed by atoms with Gasteiger partial charge in [-0.3, -0.25) is 0 Å². The summed E-state index contributed by atoms with van der Waals surface area (Å²) >= 11 is 0. The first-order chi connectivity index (χ1) is 13.6. The van der Waals surface area contributed by atoms with Gasteiger partial charge in [0.15, 0.2) is 0 Å². The standard InChI is InChI=1S/C23H20N2O3/c1-16-7-11-21(12-8-16)25-22(14-20(24-25)15-27-2)28-23(26)19-10-9-17-5-3-4-6-18(17)13-19/h3-14H,15H2,1-2H3. The van der Waals surface area contributed by atoms with Gasteiger partial charge in [0, 0.05) is 13.2 Å². The van der Waals surface area contributed by atoms with Crippen molar-refractivity contribution >= 4 is 16.7 Å². The number of aryl methyl sites for hydroxylation is 1. The highest BCUT2D eigenvalue weighted by Crippen LogP contribution is 2.23. The predicted octanol–water partition coefficient (Wildman–Crippen LogP) is 4.70. The van der Waals surface area contributed by atoms with Crippen molar-refractivity contribution in [2.75, 3.05) is 7.11 Å². The molecule has 0 aliphatic rings. The number of hydrogen-bond acceptors (Lipinski definition) is 4. The molecule has 5 nitrogen and oxygen atoms in total. The molecule has 0 saturated carbocycles. The number of fused-ring (bicyclic) bond motifs is 1. The molecule has 1 aromatic heterocycles. The Labute approximate surface area is 163 Å². The molecule has 4 rings (SSSR count). The molecule has 0 spiro atoms. The van der Waals surface area contributed by atoms with E-state index in [2.05, 4.69) is 5.10 Å². The fourth-order valence-corrected chi connectivity index (χ4v) is 3.04. The van der Waals surface area contributed by atoms with Crippen LogP contribution in [0, 0.1) is 6.92 Å². The third-order valence-corrected chi connectivity index (χ3v) is 4.48. The summed E-state index contributed by atoms with van der Waals surface area (Å²) in [4.78, 5) is 12.8. The molecule has 0 amide bonds. The molecule has 0 atom stereocenters. The minimum Gasteiger partial charge on any atom is -0.404 e. The molecule has 140 valence electrons. The number of benzene rings is 3. The van der Waals surface area contributed by atoms with Crippen molar-refractivity contribution in [3.05, 3.63) is 89.6 Å². The van der Waals surface area contributed by atoms with Gasteiger partial charge in [0.2, 0.25) is 5.88 Å². The number of esters is 1. The number of aromatic nitrogens is 2. The van der Waals surface area contributed by atoms with Gasteiger partial charge in [0.25, 0.3) is 0 Å². The lowest BCUT2D eigenvalue weighted by atomic mass is 10.1. The van der Waals surface area contributed by atoms with E-state index in [0.717, 1.165) is 22.0 Å². The number of methoxy groups -OCH3 is 1. The van der Waals surface area contributed by atoms with Crippen LogP contribution in [0.25, 0.3) is 16.5 Å². The topological polar surface area (TPSA) is 53.4 Å². The summed E-state index contributed by atoms with van der Waals surface area (Å²) in [6.07, 6.45) is 0. The van der Waals surface area contributed by atoms with E-state index in [0.29, 0.717) is 23.7 Å². The molecule has 4 aromatic rings. The number of carbonyl (C=O) groups excluding carboxylic acids is 1. The second-order valence-corrected chi connectivity index (χ2v) is 6.61. The molecule has 0 radical (unpaired) electrons. The lowest BCUT2D eigenvalue weighted by Crippen LogP contribution is -2.11. The van der Waals surface area contributed by atoms with Crippen LogP contribution in [0.3, 0.4) is 0 Å². The highest BCUT2D eigenvalue weighted by molar-refractivity contribution is 5.96. The number of nitrogens with zero attached hydrogens (tertiary/aromatic N) is 2. The van der Waals surface area contributed by atoms with Crippen LogP contribution in [0.1, 0.15) is 21.6 Å². The monoisotopic (exact) mass is 372 g/mol. The van der Waals surface area contributed by atoms with Crippen LogP contribution in [0.15, 0.2) is 72.8 Å². The summed E-state index contributed by atoms with van der Waals surface area (Å²) in [7, 11) is 1.60. The number of ether oxygens (including phenoxy) is 2. The van der Waals surface area contributed by atoms with E-state index in [9.17, 15) is 4.79 Å². The van der Waals surface area contributed by atoms with Gasteiger partial charge in [-0.1, -0.05) is 48.0 Å². The molecule has 0 unspecified atom stereocenters. The van der Waals surface area contributed by atoms with Crippen molar-refractivity contribution in [3.8, 4) is 11.6 Å². The van der Waals surface area contributed by atoms with E-state index in [4.69, 9.17) is 9.47 Å². The maximum atomic E-state index is 12.8. The number of hydrogen-bond donors (Lipinski definition) is 0. The second kappa shape index (κ2) is 7.66. The zero-order valence-electron chi connectivity index (χ0n) is 15.8. The molecule has 0 fully saturated rings. The van der Waals surface area contributed by atoms with Gasteiger partial charge in [-0.05, 0) is 42.0 Å². The van der Waals surface area contributed by atoms with Crippen molar-refractivity contribution in [2.45, 2.75) is 13.5 Å². The minimum absolute atomic E-state index is 0.333. The summed E-state index contributed by atoms with van der Waals surface area (Å²) in [5, 5.41) is 6.58. The minimum atomic E-state index is -0.428. The van der Waals surface area contributed by atoms with Gasteiger partial charge >= 0.3 is 5.97 Å². The highest BCUT2D eigenvalue weighted by Gasteiger charge is 2.16. The van der Waals surface area contributed by atoms with Gasteiger partial charge in [-0.15, -0.1) is 0 Å². The molecule has 28 heavy (non-hydrogen) atoms. The fourth-order valence-electron chi connectivity index (χ4n) is 3.04. The van der Waals surface area contributed by atoms with E-state index >= 15 is 0 Å². The average Bonchev–Trinajstić information content (AvgIpc) is 3.10. The lowest BCUT2D eigenvalue weighted by molar-refractivity contribution is 0.0723. The Morgan fingerprint density at radius 1 is 0.964 bits per heavy atom. The maximum absolute atomic E-state index is 12.8.